The number of imidazole rings is 1. The molecule has 27 heavy (non-hydrogen) atoms. The van der Waals surface area contributed by atoms with Gasteiger partial charge in [-0.25, -0.2) is 9.37 Å². The first-order valence-electron chi connectivity index (χ1n) is 10.0. The summed E-state index contributed by atoms with van der Waals surface area (Å²) in [7, 11) is 0. The van der Waals surface area contributed by atoms with Gasteiger partial charge in [0.1, 0.15) is 11.7 Å². The molecule has 1 aromatic heterocycles. The quantitative estimate of drug-likeness (QED) is 0.349. The van der Waals surface area contributed by atoms with Gasteiger partial charge in [0.25, 0.3) is 0 Å². The molecule has 2 rings (SSSR count). The smallest absolute Gasteiger partial charge is 0.140 e. The molecule has 0 unspecified atom stereocenters. The number of hydrogen-bond acceptors (Lipinski definition) is 1. The van der Waals surface area contributed by atoms with Crippen molar-refractivity contribution in [2.45, 2.75) is 73.3 Å². The van der Waals surface area contributed by atoms with Crippen molar-refractivity contribution in [2.24, 2.45) is 0 Å². The third kappa shape index (κ3) is 5.66. The Hall–Kier alpha value is -2.16. The van der Waals surface area contributed by atoms with Gasteiger partial charge in [0.15, 0.2) is 0 Å². The molecule has 0 fully saturated rings. The first-order valence-corrected chi connectivity index (χ1v) is 10.0. The van der Waals surface area contributed by atoms with Gasteiger partial charge >= 0.3 is 0 Å². The maximum Gasteiger partial charge on any atom is 0.140 e. The summed E-state index contributed by atoms with van der Waals surface area (Å²) < 4.78 is 16.5. The van der Waals surface area contributed by atoms with E-state index in [1.165, 1.54) is 30.4 Å². The number of halogens is 1. The SMILES string of the molecule is C/C=C\C(CCCCC)=C(/C)Cn1c(C)cnc1C1=CC(F)=C(C)CC=C1. The summed E-state index contributed by atoms with van der Waals surface area (Å²) in [5.41, 5.74) is 5.44. The van der Waals surface area contributed by atoms with E-state index < -0.39 is 0 Å². The van der Waals surface area contributed by atoms with Gasteiger partial charge in [-0.2, -0.15) is 0 Å². The minimum Gasteiger partial charge on any atom is -0.324 e. The van der Waals surface area contributed by atoms with Gasteiger partial charge in [-0.1, -0.05) is 49.6 Å². The topological polar surface area (TPSA) is 17.8 Å². The van der Waals surface area contributed by atoms with Crippen molar-refractivity contribution in [2.75, 3.05) is 0 Å². The van der Waals surface area contributed by atoms with Crippen LogP contribution < -0.4 is 0 Å². The Morgan fingerprint density at radius 2 is 2.07 bits per heavy atom. The maximum absolute atomic E-state index is 14.3. The fourth-order valence-corrected chi connectivity index (χ4v) is 3.34. The molecule has 0 aromatic carbocycles. The van der Waals surface area contributed by atoms with Gasteiger partial charge < -0.3 is 4.57 Å². The molecule has 0 spiro atoms. The van der Waals surface area contributed by atoms with E-state index in [4.69, 9.17) is 0 Å². The first kappa shape index (κ1) is 21.1. The van der Waals surface area contributed by atoms with Gasteiger partial charge in [0.2, 0.25) is 0 Å². The highest BCUT2D eigenvalue weighted by Gasteiger charge is 2.14. The lowest BCUT2D eigenvalue weighted by Gasteiger charge is -2.14. The van der Waals surface area contributed by atoms with E-state index in [-0.39, 0.29) is 5.83 Å². The maximum atomic E-state index is 14.3. The van der Waals surface area contributed by atoms with Crippen molar-refractivity contribution >= 4 is 5.57 Å². The number of rotatable bonds is 8. The standard InChI is InChI=1S/C24H33FN2/c1-6-8-9-13-21(11-7-2)19(4)17-27-20(5)16-26-24(27)22-14-10-12-18(3)23(25)15-22/h7,10-11,14-16H,6,8-9,12-13,17H2,1-5H3/b11-7-,21-19-. The third-order valence-electron chi connectivity index (χ3n) is 5.09. The number of hydrogen-bond donors (Lipinski definition) is 0. The largest absolute Gasteiger partial charge is 0.324 e. The summed E-state index contributed by atoms with van der Waals surface area (Å²) in [4.78, 5) is 4.59. The summed E-state index contributed by atoms with van der Waals surface area (Å²) in [6.07, 6.45) is 17.3. The number of nitrogens with zero attached hydrogens (tertiary/aromatic N) is 2. The van der Waals surface area contributed by atoms with Crippen LogP contribution in [0.4, 0.5) is 4.39 Å². The Morgan fingerprint density at radius 3 is 2.78 bits per heavy atom. The molecule has 1 heterocycles. The van der Waals surface area contributed by atoms with Crippen LogP contribution in [0.25, 0.3) is 5.57 Å². The van der Waals surface area contributed by atoms with Crippen LogP contribution in [0.5, 0.6) is 0 Å². The molecular weight excluding hydrogens is 335 g/mol. The molecule has 0 N–H and O–H groups in total. The molecule has 146 valence electrons. The Kier molecular flexibility index (Phi) is 8.02. The van der Waals surface area contributed by atoms with Gasteiger partial charge in [-0.15, -0.1) is 0 Å². The van der Waals surface area contributed by atoms with Crippen molar-refractivity contribution in [3.05, 3.63) is 70.6 Å². The molecule has 0 atom stereocenters. The van der Waals surface area contributed by atoms with Gasteiger partial charge in [0, 0.05) is 24.0 Å². The number of unbranched alkanes of at least 4 members (excludes halogenated alkanes) is 2. The highest BCUT2D eigenvalue weighted by atomic mass is 19.1. The lowest BCUT2D eigenvalue weighted by atomic mass is 10.0. The van der Waals surface area contributed by atoms with Crippen LogP contribution >= 0.6 is 0 Å². The molecule has 2 nitrogen and oxygen atoms in total. The molecule has 1 aromatic rings. The molecule has 1 aliphatic rings. The number of aryl methyl sites for hydroxylation is 1. The second-order valence-corrected chi connectivity index (χ2v) is 7.41. The van der Waals surface area contributed by atoms with Crippen LogP contribution in [0.3, 0.4) is 0 Å². The minimum atomic E-state index is -0.149. The Balaban J connectivity index is 2.35. The Bertz CT molecular complexity index is 800. The molecule has 0 saturated heterocycles. The summed E-state index contributed by atoms with van der Waals surface area (Å²) in [5, 5.41) is 0. The predicted octanol–water partition coefficient (Wildman–Crippen LogP) is 7.25. The Morgan fingerprint density at radius 1 is 1.30 bits per heavy atom. The van der Waals surface area contributed by atoms with Crippen molar-refractivity contribution in [1.29, 1.82) is 0 Å². The van der Waals surface area contributed by atoms with E-state index in [9.17, 15) is 4.39 Å². The van der Waals surface area contributed by atoms with Crippen LogP contribution in [0.15, 0.2) is 59.1 Å². The molecule has 0 amide bonds. The summed E-state index contributed by atoms with van der Waals surface area (Å²) in [5.74, 6) is 0.685. The van der Waals surface area contributed by atoms with Crippen LogP contribution in [0, 0.1) is 6.92 Å². The average Bonchev–Trinajstić information content (AvgIpc) is 2.91. The normalized spacial score (nSPS) is 16.0. The average molecular weight is 369 g/mol. The number of allylic oxidation sites excluding steroid dienone is 10. The van der Waals surface area contributed by atoms with E-state index >= 15 is 0 Å². The summed E-state index contributed by atoms with van der Waals surface area (Å²) in [6, 6.07) is 0. The lowest BCUT2D eigenvalue weighted by molar-refractivity contribution is 0.651. The highest BCUT2D eigenvalue weighted by Crippen LogP contribution is 2.26. The fourth-order valence-electron chi connectivity index (χ4n) is 3.34. The van der Waals surface area contributed by atoms with E-state index in [1.54, 1.807) is 6.08 Å². The minimum absolute atomic E-state index is 0.149. The lowest BCUT2D eigenvalue weighted by Crippen LogP contribution is -2.07. The molecule has 0 radical (unpaired) electrons. The monoisotopic (exact) mass is 368 g/mol. The van der Waals surface area contributed by atoms with Crippen LogP contribution in [-0.4, -0.2) is 9.55 Å². The zero-order valence-corrected chi connectivity index (χ0v) is 17.5. The van der Waals surface area contributed by atoms with Crippen molar-refractivity contribution < 1.29 is 4.39 Å². The zero-order valence-electron chi connectivity index (χ0n) is 17.5. The zero-order chi connectivity index (χ0) is 19.8. The van der Waals surface area contributed by atoms with Crippen molar-refractivity contribution in [3.63, 3.8) is 0 Å². The second-order valence-electron chi connectivity index (χ2n) is 7.41. The molecule has 0 aliphatic heterocycles. The van der Waals surface area contributed by atoms with E-state index in [1.807, 2.05) is 25.3 Å². The predicted molar refractivity (Wildman–Crippen MR) is 114 cm³/mol. The highest BCUT2D eigenvalue weighted by molar-refractivity contribution is 5.73. The van der Waals surface area contributed by atoms with Crippen LogP contribution in [0.1, 0.15) is 71.3 Å². The van der Waals surface area contributed by atoms with Crippen molar-refractivity contribution in [3.8, 4) is 0 Å². The molecule has 0 bridgehead atoms. The van der Waals surface area contributed by atoms with Crippen LogP contribution in [0.2, 0.25) is 0 Å². The molecule has 0 saturated carbocycles. The molecule has 3 heteroatoms. The van der Waals surface area contributed by atoms with Gasteiger partial charge in [-0.05, 0) is 64.2 Å². The second kappa shape index (κ2) is 10.2. The van der Waals surface area contributed by atoms with Crippen molar-refractivity contribution in [1.82, 2.24) is 9.55 Å². The van der Waals surface area contributed by atoms with Gasteiger partial charge in [0.05, 0.1) is 0 Å². The number of aromatic nitrogens is 2. The van der Waals surface area contributed by atoms with Crippen LogP contribution in [-0.2, 0) is 6.54 Å². The molecule has 1 aliphatic carbocycles. The van der Waals surface area contributed by atoms with Gasteiger partial charge in [-0.3, -0.25) is 0 Å². The summed E-state index contributed by atoms with van der Waals surface area (Å²) in [6.45, 7) is 11.2. The van der Waals surface area contributed by atoms with E-state index in [0.29, 0.717) is 6.42 Å². The van der Waals surface area contributed by atoms with E-state index in [2.05, 4.69) is 49.4 Å². The molecular formula is C24H33FN2. The first-order chi connectivity index (χ1) is 13.0. The van der Waals surface area contributed by atoms with E-state index in [0.717, 1.165) is 35.6 Å². The Labute approximate surface area is 163 Å². The third-order valence-corrected chi connectivity index (χ3v) is 5.09. The fraction of sp³-hybridized carbons (Fsp3) is 0.458. The summed E-state index contributed by atoms with van der Waals surface area (Å²) >= 11 is 0.